The average molecular weight is 274 g/mol. The number of likely N-dealkylation sites (tertiary alicyclic amines) is 1. The summed E-state index contributed by atoms with van der Waals surface area (Å²) in [5.41, 5.74) is 3.57. The number of carbonyl (C=O) groups excluding carboxylic acids is 2. The quantitative estimate of drug-likeness (QED) is 0.912. The minimum absolute atomic E-state index is 0.0430. The molecule has 1 aromatic carbocycles. The molecule has 1 aliphatic rings. The second-order valence-corrected chi connectivity index (χ2v) is 5.31. The number of nitrogens with zero attached hydrogens (tertiary/aromatic N) is 1. The minimum atomic E-state index is -0.294. The first-order valence-corrected chi connectivity index (χ1v) is 7.16. The van der Waals surface area contributed by atoms with E-state index in [9.17, 15) is 9.59 Å². The number of hydrogen-bond acceptors (Lipinski definition) is 2. The number of likely N-dealkylation sites (N-methyl/N-ethyl adjacent to an activating group) is 1. The van der Waals surface area contributed by atoms with E-state index in [0.717, 1.165) is 5.56 Å². The summed E-state index contributed by atoms with van der Waals surface area (Å²) >= 11 is 0. The van der Waals surface area contributed by atoms with Gasteiger partial charge < -0.3 is 10.2 Å². The van der Waals surface area contributed by atoms with Crippen LogP contribution in [0.5, 0.6) is 0 Å². The molecule has 1 aromatic rings. The van der Waals surface area contributed by atoms with Crippen molar-refractivity contribution < 1.29 is 9.59 Å². The molecule has 108 valence electrons. The summed E-state index contributed by atoms with van der Waals surface area (Å²) in [5.74, 6) is 0.0398. The van der Waals surface area contributed by atoms with Crippen molar-refractivity contribution in [3.05, 3.63) is 34.9 Å². The van der Waals surface area contributed by atoms with Crippen LogP contribution in [0.3, 0.4) is 0 Å². The molecule has 1 fully saturated rings. The molecule has 0 unspecified atom stereocenters. The molecule has 0 spiro atoms. The monoisotopic (exact) mass is 274 g/mol. The molecule has 20 heavy (non-hydrogen) atoms. The maximum Gasteiger partial charge on any atom is 0.243 e. The fraction of sp³-hybridized carbons (Fsp3) is 0.500. The molecule has 1 aliphatic heterocycles. The Kier molecular flexibility index (Phi) is 4.42. The summed E-state index contributed by atoms with van der Waals surface area (Å²) < 4.78 is 0. The Hall–Kier alpha value is -1.84. The van der Waals surface area contributed by atoms with Gasteiger partial charge in [0.2, 0.25) is 11.8 Å². The lowest BCUT2D eigenvalue weighted by Gasteiger charge is -2.22. The van der Waals surface area contributed by atoms with E-state index in [4.69, 9.17) is 0 Å². The van der Waals surface area contributed by atoms with Gasteiger partial charge in [0.05, 0.1) is 0 Å². The zero-order valence-electron chi connectivity index (χ0n) is 12.4. The van der Waals surface area contributed by atoms with Crippen LogP contribution in [0.25, 0.3) is 0 Å². The summed E-state index contributed by atoms with van der Waals surface area (Å²) in [6.07, 6.45) is 1.11. The van der Waals surface area contributed by atoms with Crippen molar-refractivity contribution in [2.24, 2.45) is 0 Å². The van der Waals surface area contributed by atoms with Crippen molar-refractivity contribution in [1.29, 1.82) is 0 Å². The number of hydrogen-bond donors (Lipinski definition) is 1. The number of benzene rings is 1. The molecule has 4 heteroatoms. The van der Waals surface area contributed by atoms with E-state index < -0.39 is 0 Å². The lowest BCUT2D eigenvalue weighted by Crippen LogP contribution is -2.44. The first kappa shape index (κ1) is 14.6. The van der Waals surface area contributed by atoms with Crippen LogP contribution in [0.15, 0.2) is 18.2 Å². The Bertz CT molecular complexity index is 525. The van der Waals surface area contributed by atoms with Crippen LogP contribution >= 0.6 is 0 Å². The van der Waals surface area contributed by atoms with Crippen LogP contribution in [-0.4, -0.2) is 29.3 Å². The topological polar surface area (TPSA) is 49.4 Å². The van der Waals surface area contributed by atoms with Gasteiger partial charge in [0.15, 0.2) is 0 Å². The largest absolute Gasteiger partial charge is 0.350 e. The third-order valence-corrected chi connectivity index (χ3v) is 4.14. The van der Waals surface area contributed by atoms with Crippen molar-refractivity contribution >= 4 is 11.8 Å². The molecule has 0 radical (unpaired) electrons. The van der Waals surface area contributed by atoms with Gasteiger partial charge in [-0.15, -0.1) is 0 Å². The van der Waals surface area contributed by atoms with Crippen molar-refractivity contribution in [2.75, 3.05) is 6.54 Å². The normalized spacial score (nSPS) is 18.4. The zero-order chi connectivity index (χ0) is 14.7. The lowest BCUT2D eigenvalue weighted by molar-refractivity contribution is -0.135. The van der Waals surface area contributed by atoms with E-state index in [-0.39, 0.29) is 17.9 Å². The third-order valence-electron chi connectivity index (χ3n) is 4.14. The highest BCUT2D eigenvalue weighted by Gasteiger charge is 2.34. The van der Waals surface area contributed by atoms with E-state index >= 15 is 0 Å². The molecule has 1 saturated heterocycles. The summed E-state index contributed by atoms with van der Waals surface area (Å²) in [6.45, 7) is 7.16. The highest BCUT2D eigenvalue weighted by Crippen LogP contribution is 2.19. The lowest BCUT2D eigenvalue weighted by atomic mass is 10.0. The fourth-order valence-electron chi connectivity index (χ4n) is 2.71. The molecule has 2 rings (SSSR count). The minimum Gasteiger partial charge on any atom is -0.350 e. The number of amides is 2. The van der Waals surface area contributed by atoms with E-state index in [1.54, 1.807) is 4.90 Å². The van der Waals surface area contributed by atoms with Gasteiger partial charge in [-0.2, -0.15) is 0 Å². The maximum absolute atomic E-state index is 12.2. The molecule has 1 heterocycles. The maximum atomic E-state index is 12.2. The Labute approximate surface area is 120 Å². The number of rotatable bonds is 4. The van der Waals surface area contributed by atoms with Gasteiger partial charge in [-0.1, -0.05) is 18.2 Å². The third kappa shape index (κ3) is 2.84. The summed E-state index contributed by atoms with van der Waals surface area (Å²) in [4.78, 5) is 25.5. The Morgan fingerprint density at radius 3 is 2.85 bits per heavy atom. The van der Waals surface area contributed by atoms with Crippen molar-refractivity contribution in [3.63, 3.8) is 0 Å². The van der Waals surface area contributed by atoms with Crippen molar-refractivity contribution in [1.82, 2.24) is 10.2 Å². The standard InChI is InChI=1S/C16H22N2O2/c1-4-18-14(8-9-15(18)19)16(20)17-10-13-7-5-6-11(2)12(13)3/h5-7,14H,4,8-10H2,1-3H3,(H,17,20)/t14-/m0/s1. The Morgan fingerprint density at radius 1 is 1.40 bits per heavy atom. The Balaban J connectivity index is 1.99. The highest BCUT2D eigenvalue weighted by molar-refractivity contribution is 5.90. The molecule has 1 atom stereocenters. The first-order valence-electron chi connectivity index (χ1n) is 7.16. The molecule has 0 aliphatic carbocycles. The van der Waals surface area contributed by atoms with Gasteiger partial charge in [-0.05, 0) is 43.9 Å². The second kappa shape index (κ2) is 6.07. The number of carbonyl (C=O) groups is 2. The molecule has 2 amide bonds. The molecule has 0 aromatic heterocycles. The van der Waals surface area contributed by atoms with Crippen LogP contribution in [0.4, 0.5) is 0 Å². The van der Waals surface area contributed by atoms with Crippen LogP contribution < -0.4 is 5.32 Å². The van der Waals surface area contributed by atoms with Gasteiger partial charge in [0.25, 0.3) is 0 Å². The SMILES string of the molecule is CCN1C(=O)CC[C@H]1C(=O)NCc1cccc(C)c1C. The van der Waals surface area contributed by atoms with E-state index in [2.05, 4.69) is 25.2 Å². The molecule has 1 N–H and O–H groups in total. The Morgan fingerprint density at radius 2 is 2.15 bits per heavy atom. The fourth-order valence-corrected chi connectivity index (χ4v) is 2.71. The molecule has 4 nitrogen and oxygen atoms in total. The number of nitrogens with one attached hydrogen (secondary N) is 1. The van der Waals surface area contributed by atoms with Gasteiger partial charge in [0, 0.05) is 19.5 Å². The van der Waals surface area contributed by atoms with E-state index in [1.165, 1.54) is 11.1 Å². The van der Waals surface area contributed by atoms with Crippen LogP contribution in [0.1, 0.15) is 36.5 Å². The molecular formula is C16H22N2O2. The van der Waals surface area contributed by atoms with Crippen LogP contribution in [-0.2, 0) is 16.1 Å². The van der Waals surface area contributed by atoms with Gasteiger partial charge in [0.1, 0.15) is 6.04 Å². The number of aryl methyl sites for hydroxylation is 1. The summed E-state index contributed by atoms with van der Waals surface area (Å²) in [7, 11) is 0. The van der Waals surface area contributed by atoms with E-state index in [0.29, 0.717) is 25.9 Å². The van der Waals surface area contributed by atoms with Crippen LogP contribution in [0, 0.1) is 13.8 Å². The smallest absolute Gasteiger partial charge is 0.243 e. The predicted molar refractivity (Wildman–Crippen MR) is 78.2 cm³/mol. The van der Waals surface area contributed by atoms with Gasteiger partial charge in [-0.3, -0.25) is 9.59 Å². The zero-order valence-corrected chi connectivity index (χ0v) is 12.4. The molecule has 0 saturated carbocycles. The van der Waals surface area contributed by atoms with Crippen LogP contribution in [0.2, 0.25) is 0 Å². The predicted octanol–water partition coefficient (Wildman–Crippen LogP) is 1.93. The molecule has 0 bridgehead atoms. The summed E-state index contributed by atoms with van der Waals surface area (Å²) in [5, 5.41) is 2.96. The van der Waals surface area contributed by atoms with Gasteiger partial charge in [-0.25, -0.2) is 0 Å². The molecular weight excluding hydrogens is 252 g/mol. The second-order valence-electron chi connectivity index (χ2n) is 5.31. The van der Waals surface area contributed by atoms with Crippen molar-refractivity contribution in [3.8, 4) is 0 Å². The first-order chi connectivity index (χ1) is 9.54. The van der Waals surface area contributed by atoms with Crippen molar-refractivity contribution in [2.45, 2.75) is 46.2 Å². The van der Waals surface area contributed by atoms with E-state index in [1.807, 2.05) is 19.1 Å². The summed E-state index contributed by atoms with van der Waals surface area (Å²) in [6, 6.07) is 5.80. The highest BCUT2D eigenvalue weighted by atomic mass is 16.2. The average Bonchev–Trinajstić information content (AvgIpc) is 2.81. The van der Waals surface area contributed by atoms with Gasteiger partial charge >= 0.3 is 0 Å².